The van der Waals surface area contributed by atoms with Gasteiger partial charge in [-0.15, -0.1) is 0 Å². The fourth-order valence-corrected chi connectivity index (χ4v) is 1.05. The van der Waals surface area contributed by atoms with Gasteiger partial charge in [-0.25, -0.2) is 0 Å². The molecule has 0 saturated carbocycles. The van der Waals surface area contributed by atoms with Gasteiger partial charge in [0.1, 0.15) is 5.54 Å². The second-order valence-corrected chi connectivity index (χ2v) is 3.45. The Morgan fingerprint density at radius 2 is 2.30 bits per heavy atom. The van der Waals surface area contributed by atoms with E-state index in [9.17, 15) is 4.79 Å². The van der Waals surface area contributed by atoms with Gasteiger partial charge in [-0.05, 0) is 25.4 Å². The lowest BCUT2D eigenvalue weighted by molar-refractivity contribution is -0.142. The summed E-state index contributed by atoms with van der Waals surface area (Å²) in [5.41, 5.74) is 4.38. The van der Waals surface area contributed by atoms with E-state index in [0.29, 0.717) is 6.42 Å². The number of hydrogen-bond donors (Lipinski definition) is 2. The summed E-state index contributed by atoms with van der Waals surface area (Å²) in [6.45, 7) is 1.53. The third-order valence-corrected chi connectivity index (χ3v) is 1.93. The lowest BCUT2D eigenvalue weighted by Gasteiger charge is -2.17. The topological polar surface area (TPSA) is 63.3 Å². The summed E-state index contributed by atoms with van der Waals surface area (Å²) in [7, 11) is 0. The monoisotopic (exact) mass is 163 g/mol. The summed E-state index contributed by atoms with van der Waals surface area (Å²) in [5, 5.41) is 8.53. The average Bonchev–Trinajstić information content (AvgIpc) is 1.84. The van der Waals surface area contributed by atoms with Crippen LogP contribution in [0.15, 0.2) is 0 Å². The van der Waals surface area contributed by atoms with Gasteiger partial charge in [0.25, 0.3) is 0 Å². The fraction of sp³-hybridized carbons (Fsp3) is 0.833. The van der Waals surface area contributed by atoms with Gasteiger partial charge in [0.2, 0.25) is 0 Å². The molecule has 0 radical (unpaired) electrons. The van der Waals surface area contributed by atoms with Crippen LogP contribution in [-0.4, -0.2) is 28.6 Å². The molecular weight excluding hydrogens is 150 g/mol. The lowest BCUT2D eigenvalue weighted by Crippen LogP contribution is -2.45. The highest BCUT2D eigenvalue weighted by Crippen LogP contribution is 2.09. The molecule has 0 amide bonds. The molecule has 0 aliphatic heterocycles. The lowest BCUT2D eigenvalue weighted by atomic mass is 10.0. The molecule has 0 aromatic heterocycles. The van der Waals surface area contributed by atoms with Crippen molar-refractivity contribution in [2.45, 2.75) is 18.9 Å². The van der Waals surface area contributed by atoms with Crippen molar-refractivity contribution in [3.05, 3.63) is 0 Å². The quantitative estimate of drug-likeness (QED) is 0.635. The fourth-order valence-electron chi connectivity index (χ4n) is 0.421. The van der Waals surface area contributed by atoms with Crippen LogP contribution in [0, 0.1) is 0 Å². The number of hydrogen-bond acceptors (Lipinski definition) is 3. The van der Waals surface area contributed by atoms with E-state index < -0.39 is 11.5 Å². The van der Waals surface area contributed by atoms with Crippen molar-refractivity contribution < 1.29 is 9.90 Å². The molecule has 0 saturated heterocycles. The Morgan fingerprint density at radius 1 is 1.80 bits per heavy atom. The number of aliphatic carboxylic acids is 1. The summed E-state index contributed by atoms with van der Waals surface area (Å²) >= 11 is 1.60. The van der Waals surface area contributed by atoms with Crippen molar-refractivity contribution in [2.24, 2.45) is 5.73 Å². The van der Waals surface area contributed by atoms with Gasteiger partial charge in [-0.2, -0.15) is 11.8 Å². The number of carboxylic acid groups (broad SMARTS) is 1. The molecule has 0 aliphatic carbocycles. The first-order valence-corrected chi connectivity index (χ1v) is 4.41. The Labute approximate surface area is 65.0 Å². The summed E-state index contributed by atoms with van der Waals surface area (Å²) in [4.78, 5) is 10.4. The van der Waals surface area contributed by atoms with Crippen molar-refractivity contribution in [3.63, 3.8) is 0 Å². The number of nitrogens with two attached hydrogens (primary N) is 1. The van der Waals surface area contributed by atoms with E-state index in [1.54, 1.807) is 11.8 Å². The van der Waals surface area contributed by atoms with Gasteiger partial charge in [0.15, 0.2) is 0 Å². The Kier molecular flexibility index (Phi) is 3.75. The Balaban J connectivity index is 3.75. The molecule has 3 N–H and O–H groups in total. The van der Waals surface area contributed by atoms with Crippen LogP contribution in [0.25, 0.3) is 0 Å². The number of carbonyl (C=O) groups is 1. The molecule has 0 rings (SSSR count). The van der Waals surface area contributed by atoms with E-state index in [4.69, 9.17) is 10.8 Å². The van der Waals surface area contributed by atoms with Crippen LogP contribution in [0.4, 0.5) is 0 Å². The van der Waals surface area contributed by atoms with Crippen molar-refractivity contribution in [3.8, 4) is 0 Å². The van der Waals surface area contributed by atoms with Crippen molar-refractivity contribution >= 4 is 17.7 Å². The maximum Gasteiger partial charge on any atom is 0.323 e. The number of thioether (sulfide) groups is 1. The smallest absolute Gasteiger partial charge is 0.323 e. The molecule has 0 spiro atoms. The highest BCUT2D eigenvalue weighted by molar-refractivity contribution is 7.98. The Morgan fingerprint density at radius 3 is 2.60 bits per heavy atom. The van der Waals surface area contributed by atoms with E-state index >= 15 is 0 Å². The third kappa shape index (κ3) is 3.08. The van der Waals surface area contributed by atoms with Gasteiger partial charge in [0.05, 0.1) is 0 Å². The van der Waals surface area contributed by atoms with E-state index in [1.165, 1.54) is 6.92 Å². The second kappa shape index (κ2) is 3.83. The summed E-state index contributed by atoms with van der Waals surface area (Å²) in [6.07, 6.45) is 2.45. The molecule has 1 unspecified atom stereocenters. The normalized spacial score (nSPS) is 16.3. The minimum absolute atomic E-state index is 0.517. The molecule has 1 atom stereocenters. The maximum atomic E-state index is 10.4. The van der Waals surface area contributed by atoms with E-state index in [2.05, 4.69) is 0 Å². The zero-order valence-corrected chi connectivity index (χ0v) is 7.07. The molecule has 0 aromatic carbocycles. The number of carboxylic acids is 1. The van der Waals surface area contributed by atoms with Crippen LogP contribution in [0.1, 0.15) is 13.3 Å². The van der Waals surface area contributed by atoms with Crippen LogP contribution in [-0.2, 0) is 4.79 Å². The SMILES string of the molecule is CSCCC(C)(N)C(=O)O. The molecule has 0 aliphatic rings. The van der Waals surface area contributed by atoms with E-state index in [-0.39, 0.29) is 0 Å². The van der Waals surface area contributed by atoms with Gasteiger partial charge in [0, 0.05) is 0 Å². The van der Waals surface area contributed by atoms with Crippen LogP contribution in [0.3, 0.4) is 0 Å². The van der Waals surface area contributed by atoms with Crippen LogP contribution < -0.4 is 5.73 Å². The van der Waals surface area contributed by atoms with Crippen LogP contribution in [0.2, 0.25) is 0 Å². The molecule has 0 bridgehead atoms. The molecular formula is C6H13NO2S. The van der Waals surface area contributed by atoms with Crippen molar-refractivity contribution in [1.82, 2.24) is 0 Å². The maximum absolute atomic E-state index is 10.4. The third-order valence-electron chi connectivity index (χ3n) is 1.31. The summed E-state index contributed by atoms with van der Waals surface area (Å²) < 4.78 is 0. The molecule has 60 valence electrons. The average molecular weight is 163 g/mol. The Bertz CT molecular complexity index is 125. The highest BCUT2D eigenvalue weighted by Gasteiger charge is 2.26. The van der Waals surface area contributed by atoms with E-state index in [1.807, 2.05) is 6.26 Å². The molecule has 10 heavy (non-hydrogen) atoms. The largest absolute Gasteiger partial charge is 0.480 e. The standard InChI is InChI=1S/C6H13NO2S/c1-6(7,5(8)9)3-4-10-2/h3-4,7H2,1-2H3,(H,8,9). The molecule has 0 aromatic rings. The second-order valence-electron chi connectivity index (χ2n) is 2.47. The van der Waals surface area contributed by atoms with Crippen LogP contribution in [0.5, 0.6) is 0 Å². The molecule has 0 heterocycles. The van der Waals surface area contributed by atoms with Gasteiger partial charge in [-0.1, -0.05) is 0 Å². The zero-order valence-electron chi connectivity index (χ0n) is 6.26. The summed E-state index contributed by atoms with van der Waals surface area (Å²) in [5.74, 6) is -0.138. The predicted octanol–water partition coefficient (Wildman–Crippen LogP) is 0.542. The first kappa shape index (κ1) is 9.78. The van der Waals surface area contributed by atoms with Crippen molar-refractivity contribution in [2.75, 3.05) is 12.0 Å². The van der Waals surface area contributed by atoms with Crippen LogP contribution >= 0.6 is 11.8 Å². The minimum atomic E-state index is -1.05. The van der Waals surface area contributed by atoms with E-state index in [0.717, 1.165) is 5.75 Å². The minimum Gasteiger partial charge on any atom is -0.480 e. The molecule has 0 fully saturated rings. The van der Waals surface area contributed by atoms with Crippen molar-refractivity contribution in [1.29, 1.82) is 0 Å². The zero-order chi connectivity index (χ0) is 8.20. The van der Waals surface area contributed by atoms with Gasteiger partial charge >= 0.3 is 5.97 Å². The van der Waals surface area contributed by atoms with Gasteiger partial charge < -0.3 is 10.8 Å². The van der Waals surface area contributed by atoms with Gasteiger partial charge in [-0.3, -0.25) is 4.79 Å². The number of rotatable bonds is 4. The first-order chi connectivity index (χ1) is 4.50. The Hall–Kier alpha value is -0.220. The molecule has 4 heteroatoms. The molecule has 3 nitrogen and oxygen atoms in total. The summed E-state index contributed by atoms with van der Waals surface area (Å²) in [6, 6.07) is 0. The predicted molar refractivity (Wildman–Crippen MR) is 43.2 cm³/mol. The highest BCUT2D eigenvalue weighted by atomic mass is 32.2. The first-order valence-electron chi connectivity index (χ1n) is 3.02.